The van der Waals surface area contributed by atoms with Gasteiger partial charge in [0, 0.05) is 75.2 Å². The Hall–Kier alpha value is -4.90. The fraction of sp³-hybridized carbons (Fsp3) is 0.167. The van der Waals surface area contributed by atoms with Crippen LogP contribution in [0.25, 0.3) is 32.3 Å². The summed E-state index contributed by atoms with van der Waals surface area (Å²) in [6, 6.07) is 36.8. The van der Waals surface area contributed by atoms with E-state index in [2.05, 4.69) is 95.9 Å². The first-order chi connectivity index (χ1) is 25.1. The molecule has 3 aromatic heterocycles. The molecule has 280 valence electrons. The summed E-state index contributed by atoms with van der Waals surface area (Å²) in [5, 5.41) is 29.1. The zero-order valence-corrected chi connectivity index (χ0v) is 31.7. The predicted molar refractivity (Wildman–Crippen MR) is 172 cm³/mol. The Kier molecular flexibility index (Phi) is 23.6. The van der Waals surface area contributed by atoms with E-state index in [0.717, 1.165) is 17.1 Å². The molecule has 0 aliphatic carbocycles. The third-order valence-electron chi connectivity index (χ3n) is 6.39. The molecular weight excluding hydrogens is 784 g/mol. The number of nitrogens with zero attached hydrogens (tertiary/aromatic N) is 7. The first-order valence-electron chi connectivity index (χ1n) is 15.0. The number of rotatable bonds is 6. The monoisotopic (exact) mass is 816 g/mol. The molecule has 54 heavy (non-hydrogen) atoms. The summed E-state index contributed by atoms with van der Waals surface area (Å²) in [6.07, 6.45) is 5.71. The number of nitriles is 3. The SMILES string of the molecule is CC#N.CC#N.CC#N.[Mn+3].[O-][Cl+3]([O-])([O-])[O-].[O-][Cl+3]([O-])([O-])[O-].c1ccc2c(CN(Cc3nccc4ccccc34)Cc3nccc4ccccc34)nccc2c1. The summed E-state index contributed by atoms with van der Waals surface area (Å²) < 4.78 is 67.9. The van der Waals surface area contributed by atoms with Crippen LogP contribution in [0.1, 0.15) is 37.9 Å². The first kappa shape index (κ1) is 49.1. The maximum absolute atomic E-state index is 8.49. The normalized spacial score (nSPS) is 9.94. The Morgan fingerprint density at radius 3 is 0.889 bits per heavy atom. The van der Waals surface area contributed by atoms with Crippen molar-refractivity contribution in [3.63, 3.8) is 0 Å². The van der Waals surface area contributed by atoms with Gasteiger partial charge in [0.15, 0.2) is 0 Å². The quantitative estimate of drug-likeness (QED) is 0.175. The molecule has 6 rings (SSSR count). The molecule has 3 heterocycles. The minimum absolute atomic E-state index is 0. The molecule has 0 fully saturated rings. The van der Waals surface area contributed by atoms with Crippen LogP contribution in [-0.2, 0) is 36.7 Å². The van der Waals surface area contributed by atoms with Crippen LogP contribution in [-0.4, -0.2) is 19.9 Å². The molecule has 0 aliphatic heterocycles. The van der Waals surface area contributed by atoms with Gasteiger partial charge in [0.2, 0.25) is 0 Å². The molecule has 0 aliphatic rings. The van der Waals surface area contributed by atoms with Gasteiger partial charge in [-0.3, -0.25) is 19.9 Å². The average molecular weight is 818 g/mol. The summed E-state index contributed by atoms with van der Waals surface area (Å²) >= 11 is 0. The Morgan fingerprint density at radius 2 is 0.667 bits per heavy atom. The number of pyridine rings is 3. The second-order valence-corrected chi connectivity index (χ2v) is 11.5. The molecule has 18 heteroatoms. The number of fused-ring (bicyclic) bond motifs is 3. The van der Waals surface area contributed by atoms with Crippen LogP contribution in [0.2, 0.25) is 0 Å². The Balaban J connectivity index is 0.00000118. The molecule has 3 aromatic carbocycles. The summed E-state index contributed by atoms with van der Waals surface area (Å²) in [6.45, 7) is 6.41. The number of halogens is 2. The number of hydrogen-bond acceptors (Lipinski definition) is 15. The van der Waals surface area contributed by atoms with Crippen molar-refractivity contribution in [2.75, 3.05) is 0 Å². The average Bonchev–Trinajstić information content (AvgIpc) is 3.08. The minimum Gasteiger partial charge on any atom is -0.286 e. The second-order valence-electron chi connectivity index (χ2n) is 10.0. The van der Waals surface area contributed by atoms with E-state index in [9.17, 15) is 0 Å². The Bertz CT molecular complexity index is 1870. The fourth-order valence-corrected chi connectivity index (χ4v) is 4.73. The van der Waals surface area contributed by atoms with Crippen molar-refractivity contribution in [3.05, 3.63) is 127 Å². The van der Waals surface area contributed by atoms with Crippen LogP contribution < -0.4 is 37.3 Å². The predicted octanol–water partition coefficient (Wildman–Crippen LogP) is -1.39. The molecule has 0 bridgehead atoms. The van der Waals surface area contributed by atoms with Crippen molar-refractivity contribution in [1.82, 2.24) is 19.9 Å². The van der Waals surface area contributed by atoms with E-state index in [1.807, 2.05) is 18.6 Å². The molecule has 0 spiro atoms. The smallest absolute Gasteiger partial charge is 0.286 e. The molecule has 0 atom stereocenters. The molecule has 0 radical (unpaired) electrons. The van der Waals surface area contributed by atoms with Crippen molar-refractivity contribution in [1.29, 1.82) is 15.8 Å². The van der Waals surface area contributed by atoms with E-state index >= 15 is 0 Å². The first-order valence-corrected chi connectivity index (χ1v) is 17.4. The van der Waals surface area contributed by atoms with Gasteiger partial charge in [-0.15, -0.1) is 20.5 Å². The van der Waals surface area contributed by atoms with Crippen molar-refractivity contribution in [3.8, 4) is 18.2 Å². The third-order valence-corrected chi connectivity index (χ3v) is 6.39. The van der Waals surface area contributed by atoms with Crippen molar-refractivity contribution >= 4 is 32.3 Å². The Morgan fingerprint density at radius 1 is 0.463 bits per heavy atom. The number of aromatic nitrogens is 3. The molecule has 0 amide bonds. The summed E-state index contributed by atoms with van der Waals surface area (Å²) in [5.74, 6) is 0. The van der Waals surface area contributed by atoms with Gasteiger partial charge in [-0.25, -0.2) is 37.3 Å². The van der Waals surface area contributed by atoms with Crippen molar-refractivity contribution < 1.29 is 74.8 Å². The van der Waals surface area contributed by atoms with Crippen LogP contribution >= 0.6 is 0 Å². The second kappa shape index (κ2) is 26.0. The van der Waals surface area contributed by atoms with Crippen LogP contribution in [0, 0.1) is 54.5 Å². The van der Waals surface area contributed by atoms with Crippen LogP contribution in [0.4, 0.5) is 0 Å². The van der Waals surface area contributed by atoms with E-state index in [4.69, 9.17) is 68.0 Å². The maximum Gasteiger partial charge on any atom is 3.00 e. The summed E-state index contributed by atoms with van der Waals surface area (Å²) in [7, 11) is -9.89. The van der Waals surface area contributed by atoms with E-state index in [-0.39, 0.29) is 17.1 Å². The van der Waals surface area contributed by atoms with Gasteiger partial charge in [-0.2, -0.15) is 15.8 Å². The molecule has 15 nitrogen and oxygen atoms in total. The van der Waals surface area contributed by atoms with E-state index < -0.39 is 20.5 Å². The standard InChI is InChI=1S/C30H24N4.3C2H3N.2ClHO4.Mn/c1-4-10-25-22(7-1)13-16-31-28(25)19-34(20-29-26-11-5-2-8-23(26)14-17-32-29)21-30-27-12-6-3-9-24(27)15-18-33-30;3*1-2-3;2*2-1(3,4)5;/h1-18H,19-21H2;3*1H3;2*(H,2,3,4,5);/q;;;;;;+3/p-2. The summed E-state index contributed by atoms with van der Waals surface area (Å²) in [4.78, 5) is 16.7. The van der Waals surface area contributed by atoms with Gasteiger partial charge in [-0.05, 0) is 34.4 Å². The van der Waals surface area contributed by atoms with E-state index in [1.54, 1.807) is 18.2 Å². The van der Waals surface area contributed by atoms with Gasteiger partial charge in [0.1, 0.15) is 0 Å². The van der Waals surface area contributed by atoms with Crippen molar-refractivity contribution in [2.24, 2.45) is 0 Å². The van der Waals surface area contributed by atoms with Gasteiger partial charge < -0.3 is 0 Å². The molecular formula is C36H33Cl2MnN7O8+. The Labute approximate surface area is 326 Å². The molecule has 6 aromatic rings. The van der Waals surface area contributed by atoms with Crippen molar-refractivity contribution in [2.45, 2.75) is 40.4 Å². The zero-order chi connectivity index (χ0) is 39.9. The number of benzene rings is 3. The topological polar surface area (TPSA) is 298 Å². The van der Waals surface area contributed by atoms with Gasteiger partial charge in [-0.1, -0.05) is 72.8 Å². The van der Waals surface area contributed by atoms with Gasteiger partial charge in [0.05, 0.1) is 35.3 Å². The molecule has 0 N–H and O–H groups in total. The fourth-order valence-electron chi connectivity index (χ4n) is 4.73. The molecule has 0 saturated heterocycles. The van der Waals surface area contributed by atoms with Gasteiger partial charge in [0.25, 0.3) is 0 Å². The maximum atomic E-state index is 8.49. The number of hydrogen-bond donors (Lipinski definition) is 0. The van der Waals surface area contributed by atoms with Crippen LogP contribution in [0.15, 0.2) is 110 Å². The minimum atomic E-state index is -4.94. The molecule has 0 saturated carbocycles. The zero-order valence-electron chi connectivity index (χ0n) is 29.0. The third kappa shape index (κ3) is 20.4. The molecule has 0 unspecified atom stereocenters. The van der Waals surface area contributed by atoms with Crippen LogP contribution in [0.3, 0.4) is 0 Å². The van der Waals surface area contributed by atoms with Crippen LogP contribution in [0.5, 0.6) is 0 Å². The van der Waals surface area contributed by atoms with E-state index in [1.165, 1.54) is 53.1 Å². The summed E-state index contributed by atoms with van der Waals surface area (Å²) in [5.41, 5.74) is 3.20. The van der Waals surface area contributed by atoms with E-state index in [0.29, 0.717) is 19.6 Å². The van der Waals surface area contributed by atoms with Gasteiger partial charge >= 0.3 is 17.1 Å². The largest absolute Gasteiger partial charge is 3.00 e.